The minimum atomic E-state index is -0.826. The molecule has 0 bridgehead atoms. The summed E-state index contributed by atoms with van der Waals surface area (Å²) >= 11 is 0. The Morgan fingerprint density at radius 2 is 1.77 bits per heavy atom. The maximum absolute atomic E-state index is 12.9. The van der Waals surface area contributed by atoms with Crippen LogP contribution in [0.5, 0.6) is 0 Å². The van der Waals surface area contributed by atoms with Gasteiger partial charge >= 0.3 is 5.69 Å². The largest absolute Gasteiger partial charge is 0.422 e. The summed E-state index contributed by atoms with van der Waals surface area (Å²) in [5.74, 6) is -0.239. The van der Waals surface area contributed by atoms with Crippen LogP contribution in [0.15, 0.2) is 65.7 Å². The minimum Gasteiger partial charge on any atom is -0.422 e. The van der Waals surface area contributed by atoms with E-state index in [1.54, 1.807) is 30.3 Å². The van der Waals surface area contributed by atoms with Crippen LogP contribution in [0.1, 0.15) is 0 Å². The molecule has 8 heteroatoms. The van der Waals surface area contributed by atoms with Crippen molar-refractivity contribution in [3.8, 4) is 11.1 Å². The summed E-state index contributed by atoms with van der Waals surface area (Å²) in [7, 11) is 0. The number of pyridine rings is 2. The predicted octanol–water partition coefficient (Wildman–Crippen LogP) is 2.97. The summed E-state index contributed by atoms with van der Waals surface area (Å²) in [5.41, 5.74) is 1.63. The van der Waals surface area contributed by atoms with Crippen LogP contribution in [0.3, 0.4) is 0 Å². The number of hydrogen-bond acceptors (Lipinski definition) is 6. The fourth-order valence-electron chi connectivity index (χ4n) is 2.57. The monoisotopic (exact) mass is 349 g/mol. The molecule has 0 unspecified atom stereocenters. The Balaban J connectivity index is 1.68. The van der Waals surface area contributed by atoms with E-state index in [0.29, 0.717) is 21.6 Å². The first-order valence-electron chi connectivity index (χ1n) is 7.68. The number of anilines is 2. The molecule has 4 aromatic rings. The summed E-state index contributed by atoms with van der Waals surface area (Å²) in [5, 5.41) is 13.3. The van der Waals surface area contributed by atoms with Gasteiger partial charge in [0.1, 0.15) is 5.82 Å². The SMILES string of the molecule is O=c1nc(Nc2ccc(-c3ccc(F)nc3)cc2)c2cccnc2n1O. The Kier molecular flexibility index (Phi) is 3.77. The highest BCUT2D eigenvalue weighted by Gasteiger charge is 2.10. The van der Waals surface area contributed by atoms with Crippen molar-refractivity contribution in [1.29, 1.82) is 0 Å². The number of rotatable bonds is 3. The van der Waals surface area contributed by atoms with Crippen LogP contribution in [0.2, 0.25) is 0 Å². The van der Waals surface area contributed by atoms with E-state index in [4.69, 9.17) is 0 Å². The third-order valence-electron chi connectivity index (χ3n) is 3.84. The topological polar surface area (TPSA) is 92.9 Å². The van der Waals surface area contributed by atoms with Crippen molar-refractivity contribution in [3.63, 3.8) is 0 Å². The molecule has 26 heavy (non-hydrogen) atoms. The highest BCUT2D eigenvalue weighted by atomic mass is 19.1. The van der Waals surface area contributed by atoms with Crippen LogP contribution in [-0.4, -0.2) is 24.9 Å². The Morgan fingerprint density at radius 3 is 2.50 bits per heavy atom. The zero-order chi connectivity index (χ0) is 18.1. The van der Waals surface area contributed by atoms with E-state index in [-0.39, 0.29) is 5.65 Å². The molecule has 7 nitrogen and oxygen atoms in total. The lowest BCUT2D eigenvalue weighted by Gasteiger charge is -2.10. The molecule has 0 amide bonds. The van der Waals surface area contributed by atoms with Crippen molar-refractivity contribution >= 4 is 22.5 Å². The van der Waals surface area contributed by atoms with Crippen molar-refractivity contribution in [2.24, 2.45) is 0 Å². The van der Waals surface area contributed by atoms with E-state index in [0.717, 1.165) is 11.1 Å². The molecule has 128 valence electrons. The first kappa shape index (κ1) is 15.7. The van der Waals surface area contributed by atoms with E-state index in [1.165, 1.54) is 18.5 Å². The quantitative estimate of drug-likeness (QED) is 0.436. The van der Waals surface area contributed by atoms with Gasteiger partial charge < -0.3 is 10.5 Å². The fourth-order valence-corrected chi connectivity index (χ4v) is 2.57. The second-order valence-electron chi connectivity index (χ2n) is 5.50. The fraction of sp³-hybridized carbons (Fsp3) is 0. The molecule has 2 N–H and O–H groups in total. The number of nitrogens with one attached hydrogen (secondary N) is 1. The van der Waals surface area contributed by atoms with E-state index in [2.05, 4.69) is 20.3 Å². The van der Waals surface area contributed by atoms with Crippen molar-refractivity contribution in [1.82, 2.24) is 19.7 Å². The van der Waals surface area contributed by atoms with Crippen LogP contribution in [0.25, 0.3) is 22.2 Å². The summed E-state index contributed by atoms with van der Waals surface area (Å²) in [6.07, 6.45) is 2.93. The zero-order valence-electron chi connectivity index (χ0n) is 13.3. The van der Waals surface area contributed by atoms with E-state index >= 15 is 0 Å². The maximum atomic E-state index is 12.9. The molecule has 1 aromatic carbocycles. The first-order valence-corrected chi connectivity index (χ1v) is 7.68. The van der Waals surface area contributed by atoms with E-state index < -0.39 is 11.6 Å². The molecule has 3 aromatic heterocycles. The smallest absolute Gasteiger partial charge is 0.384 e. The van der Waals surface area contributed by atoms with Gasteiger partial charge in [-0.05, 0) is 42.0 Å². The van der Waals surface area contributed by atoms with E-state index in [9.17, 15) is 14.4 Å². The highest BCUT2D eigenvalue weighted by molar-refractivity contribution is 5.88. The summed E-state index contributed by atoms with van der Waals surface area (Å²) in [4.78, 5) is 23.3. The van der Waals surface area contributed by atoms with Crippen LogP contribution < -0.4 is 11.0 Å². The normalized spacial score (nSPS) is 10.8. The molecule has 0 saturated carbocycles. The number of halogens is 1. The molecule has 0 spiro atoms. The molecule has 0 aliphatic heterocycles. The average molecular weight is 349 g/mol. The number of fused-ring (bicyclic) bond motifs is 1. The van der Waals surface area contributed by atoms with Crippen molar-refractivity contribution < 1.29 is 9.60 Å². The van der Waals surface area contributed by atoms with Crippen LogP contribution in [-0.2, 0) is 0 Å². The molecular weight excluding hydrogens is 337 g/mol. The van der Waals surface area contributed by atoms with Gasteiger partial charge in [0, 0.05) is 23.6 Å². The Labute approximate surface area is 146 Å². The number of aromatic nitrogens is 4. The van der Waals surface area contributed by atoms with Crippen molar-refractivity contribution in [3.05, 3.63) is 77.4 Å². The van der Waals surface area contributed by atoms with Crippen LogP contribution in [0.4, 0.5) is 15.9 Å². The summed E-state index contributed by atoms with van der Waals surface area (Å²) < 4.78 is 13.3. The van der Waals surface area contributed by atoms with Gasteiger partial charge in [-0.3, -0.25) is 0 Å². The standard InChI is InChI=1S/C18H12FN5O2/c19-15-8-5-12(10-21-15)11-3-6-13(7-4-11)22-16-14-2-1-9-20-17(14)24(26)18(25)23-16/h1-10,26H,(H,22,23,25). The van der Waals surface area contributed by atoms with Gasteiger partial charge in [0.2, 0.25) is 5.95 Å². The van der Waals surface area contributed by atoms with Gasteiger partial charge in [0.25, 0.3) is 0 Å². The third kappa shape index (κ3) is 2.84. The molecule has 0 fully saturated rings. The second kappa shape index (κ2) is 6.25. The van der Waals surface area contributed by atoms with Crippen molar-refractivity contribution in [2.75, 3.05) is 5.32 Å². The van der Waals surface area contributed by atoms with Gasteiger partial charge in [-0.15, -0.1) is 4.73 Å². The lowest BCUT2D eigenvalue weighted by atomic mass is 10.1. The lowest BCUT2D eigenvalue weighted by molar-refractivity contribution is 0.182. The van der Waals surface area contributed by atoms with Crippen LogP contribution in [0, 0.1) is 5.95 Å². The Hall–Kier alpha value is -3.81. The molecule has 0 aliphatic carbocycles. The predicted molar refractivity (Wildman–Crippen MR) is 93.9 cm³/mol. The molecule has 4 rings (SSSR count). The summed E-state index contributed by atoms with van der Waals surface area (Å²) in [6, 6.07) is 13.6. The second-order valence-corrected chi connectivity index (χ2v) is 5.50. The number of hydrogen-bond donors (Lipinski definition) is 2. The minimum absolute atomic E-state index is 0.115. The third-order valence-corrected chi connectivity index (χ3v) is 3.84. The molecule has 0 radical (unpaired) electrons. The molecule has 0 saturated heterocycles. The Bertz CT molecular complexity index is 1140. The van der Waals surface area contributed by atoms with Crippen LogP contribution >= 0.6 is 0 Å². The first-order chi connectivity index (χ1) is 12.6. The summed E-state index contributed by atoms with van der Waals surface area (Å²) in [6.45, 7) is 0. The van der Waals surface area contributed by atoms with Gasteiger partial charge in [-0.2, -0.15) is 9.37 Å². The van der Waals surface area contributed by atoms with Gasteiger partial charge in [-0.1, -0.05) is 12.1 Å². The lowest BCUT2D eigenvalue weighted by Crippen LogP contribution is -2.23. The molecule has 0 atom stereocenters. The van der Waals surface area contributed by atoms with Gasteiger partial charge in [-0.25, -0.2) is 14.8 Å². The van der Waals surface area contributed by atoms with Gasteiger partial charge in [0.05, 0.1) is 5.39 Å². The number of nitrogens with zero attached hydrogens (tertiary/aromatic N) is 4. The van der Waals surface area contributed by atoms with E-state index in [1.807, 2.05) is 12.1 Å². The van der Waals surface area contributed by atoms with Gasteiger partial charge in [0.15, 0.2) is 5.65 Å². The Morgan fingerprint density at radius 1 is 1.00 bits per heavy atom. The molecule has 0 aliphatic rings. The number of benzene rings is 1. The molecular formula is C18H12FN5O2. The van der Waals surface area contributed by atoms with Crippen molar-refractivity contribution in [2.45, 2.75) is 0 Å². The zero-order valence-corrected chi connectivity index (χ0v) is 13.3. The highest BCUT2D eigenvalue weighted by Crippen LogP contribution is 2.24. The average Bonchev–Trinajstić information content (AvgIpc) is 2.67. The molecule has 3 heterocycles. The maximum Gasteiger partial charge on any atom is 0.384 e.